The average Bonchev–Trinajstić information content (AvgIpc) is 2.94. The van der Waals surface area contributed by atoms with Crippen molar-refractivity contribution in [3.63, 3.8) is 0 Å². The Kier molecular flexibility index (Phi) is 3.35. The smallest absolute Gasteiger partial charge is 0.223 e. The summed E-state index contributed by atoms with van der Waals surface area (Å²) in [5, 5.41) is 0. The summed E-state index contributed by atoms with van der Waals surface area (Å²) >= 11 is 0. The summed E-state index contributed by atoms with van der Waals surface area (Å²) in [7, 11) is 0. The lowest BCUT2D eigenvalue weighted by Crippen LogP contribution is -2.42. The Bertz CT molecular complexity index is 629. The Morgan fingerprint density at radius 2 is 2.00 bits per heavy atom. The zero-order valence-electron chi connectivity index (χ0n) is 12.0. The highest BCUT2D eigenvalue weighted by molar-refractivity contribution is 5.77. The molecule has 0 bridgehead atoms. The minimum Gasteiger partial charge on any atom is -0.348 e. The van der Waals surface area contributed by atoms with Gasteiger partial charge in [-0.25, -0.2) is 0 Å². The maximum Gasteiger partial charge on any atom is 0.223 e. The Hall–Kier alpha value is -2.03. The van der Waals surface area contributed by atoms with Gasteiger partial charge < -0.3 is 9.47 Å². The number of fused-ring (bicyclic) bond motifs is 1. The van der Waals surface area contributed by atoms with Crippen LogP contribution in [0, 0.1) is 6.92 Å². The van der Waals surface area contributed by atoms with Crippen molar-refractivity contribution in [2.45, 2.75) is 32.9 Å². The predicted molar refractivity (Wildman–Crippen MR) is 79.5 cm³/mol. The fraction of sp³-hybridized carbons (Fsp3) is 0.353. The molecule has 20 heavy (non-hydrogen) atoms. The van der Waals surface area contributed by atoms with Gasteiger partial charge in [0, 0.05) is 31.4 Å². The van der Waals surface area contributed by atoms with Gasteiger partial charge in [-0.1, -0.05) is 31.2 Å². The minimum atomic E-state index is 0.0485. The summed E-state index contributed by atoms with van der Waals surface area (Å²) in [4.78, 5) is 14.3. The highest BCUT2D eigenvalue weighted by Gasteiger charge is 2.31. The zero-order valence-corrected chi connectivity index (χ0v) is 12.0. The van der Waals surface area contributed by atoms with Crippen molar-refractivity contribution in [1.29, 1.82) is 0 Å². The second-order valence-electron chi connectivity index (χ2n) is 5.33. The Balaban J connectivity index is 2.12. The number of benzene rings is 1. The van der Waals surface area contributed by atoms with Crippen molar-refractivity contribution in [2.75, 3.05) is 6.54 Å². The average molecular weight is 268 g/mol. The lowest BCUT2D eigenvalue weighted by atomic mass is 9.95. The Morgan fingerprint density at radius 3 is 2.75 bits per heavy atom. The zero-order chi connectivity index (χ0) is 14.1. The van der Waals surface area contributed by atoms with Crippen LogP contribution in [0.5, 0.6) is 0 Å². The van der Waals surface area contributed by atoms with Crippen LogP contribution < -0.4 is 0 Å². The second kappa shape index (κ2) is 5.16. The maximum atomic E-state index is 12.3. The van der Waals surface area contributed by atoms with Crippen molar-refractivity contribution < 1.29 is 4.79 Å². The first-order valence-electron chi connectivity index (χ1n) is 7.22. The predicted octanol–water partition coefficient (Wildman–Crippen LogP) is 3.14. The van der Waals surface area contributed by atoms with E-state index in [1.807, 2.05) is 17.9 Å². The normalized spacial score (nSPS) is 17.9. The molecule has 2 aromatic rings. The number of hydrogen-bond acceptors (Lipinski definition) is 1. The monoisotopic (exact) mass is 268 g/mol. The number of amides is 1. The van der Waals surface area contributed by atoms with Crippen LogP contribution in [-0.4, -0.2) is 21.9 Å². The van der Waals surface area contributed by atoms with E-state index in [4.69, 9.17) is 0 Å². The molecule has 0 saturated heterocycles. The molecule has 1 aliphatic heterocycles. The molecule has 0 radical (unpaired) electrons. The van der Waals surface area contributed by atoms with Gasteiger partial charge in [0.1, 0.15) is 0 Å². The van der Waals surface area contributed by atoms with Crippen molar-refractivity contribution in [3.8, 4) is 0 Å². The summed E-state index contributed by atoms with van der Waals surface area (Å²) in [6.07, 6.45) is 2.66. The summed E-state index contributed by atoms with van der Waals surface area (Å²) < 4.78 is 2.26. The van der Waals surface area contributed by atoms with Gasteiger partial charge in [-0.3, -0.25) is 4.79 Å². The topological polar surface area (TPSA) is 25.2 Å². The molecule has 1 aromatic heterocycles. The number of carbonyl (C=O) groups is 1. The van der Waals surface area contributed by atoms with Crippen LogP contribution in [0.3, 0.4) is 0 Å². The molecule has 3 nitrogen and oxygen atoms in total. The van der Waals surface area contributed by atoms with Gasteiger partial charge in [-0.2, -0.15) is 0 Å². The van der Waals surface area contributed by atoms with Crippen LogP contribution in [0.4, 0.5) is 0 Å². The summed E-state index contributed by atoms with van der Waals surface area (Å²) in [5.41, 5.74) is 3.68. The maximum absolute atomic E-state index is 12.3. The van der Waals surface area contributed by atoms with E-state index in [-0.39, 0.29) is 11.9 Å². The quantitative estimate of drug-likeness (QED) is 0.821. The largest absolute Gasteiger partial charge is 0.348 e. The van der Waals surface area contributed by atoms with Gasteiger partial charge in [0.2, 0.25) is 5.91 Å². The number of rotatable bonds is 2. The molecule has 1 aliphatic rings. The number of nitrogens with zero attached hydrogens (tertiary/aromatic N) is 2. The highest BCUT2D eigenvalue weighted by atomic mass is 16.2. The third kappa shape index (κ3) is 2.03. The van der Waals surface area contributed by atoms with E-state index in [0.29, 0.717) is 6.42 Å². The van der Waals surface area contributed by atoms with E-state index < -0.39 is 0 Å². The molecular formula is C17H20N2O. The first kappa shape index (κ1) is 13.0. The number of aromatic nitrogens is 1. The molecule has 104 valence electrons. The fourth-order valence-corrected chi connectivity index (χ4v) is 3.08. The van der Waals surface area contributed by atoms with E-state index in [0.717, 1.165) is 13.1 Å². The summed E-state index contributed by atoms with van der Waals surface area (Å²) in [6, 6.07) is 12.6. The molecule has 2 heterocycles. The van der Waals surface area contributed by atoms with Crippen molar-refractivity contribution in [2.24, 2.45) is 0 Å². The lowest BCUT2D eigenvalue weighted by molar-refractivity contribution is -0.133. The third-order valence-corrected chi connectivity index (χ3v) is 4.14. The molecule has 0 saturated carbocycles. The van der Waals surface area contributed by atoms with E-state index in [2.05, 4.69) is 48.0 Å². The van der Waals surface area contributed by atoms with Crippen molar-refractivity contribution >= 4 is 5.91 Å². The van der Waals surface area contributed by atoms with Gasteiger partial charge in [0.25, 0.3) is 0 Å². The van der Waals surface area contributed by atoms with Crippen molar-refractivity contribution in [3.05, 3.63) is 59.4 Å². The molecule has 3 rings (SSSR count). The lowest BCUT2D eigenvalue weighted by Gasteiger charge is -2.38. The molecule has 0 fully saturated rings. The minimum absolute atomic E-state index is 0.0485. The van der Waals surface area contributed by atoms with Gasteiger partial charge in [-0.15, -0.1) is 0 Å². The van der Waals surface area contributed by atoms with E-state index >= 15 is 0 Å². The van der Waals surface area contributed by atoms with Gasteiger partial charge in [-0.05, 0) is 30.2 Å². The molecule has 0 unspecified atom stereocenters. The number of hydrogen-bond donors (Lipinski definition) is 0. The van der Waals surface area contributed by atoms with Gasteiger partial charge >= 0.3 is 0 Å². The molecule has 0 spiro atoms. The number of aryl methyl sites for hydroxylation is 1. The van der Waals surface area contributed by atoms with Crippen LogP contribution in [0.2, 0.25) is 0 Å². The summed E-state index contributed by atoms with van der Waals surface area (Å²) in [6.45, 7) is 5.72. The van der Waals surface area contributed by atoms with Gasteiger partial charge in [0.15, 0.2) is 0 Å². The SMILES string of the molecule is CCC(=O)N1CCn2cccc2[C@@H]1c1ccccc1C. The highest BCUT2D eigenvalue weighted by Crippen LogP contribution is 2.34. The van der Waals surface area contributed by atoms with E-state index in [9.17, 15) is 4.79 Å². The van der Waals surface area contributed by atoms with Crippen LogP contribution in [0.15, 0.2) is 42.6 Å². The van der Waals surface area contributed by atoms with Crippen LogP contribution in [0.25, 0.3) is 0 Å². The Labute approximate surface area is 119 Å². The van der Waals surface area contributed by atoms with Crippen molar-refractivity contribution in [1.82, 2.24) is 9.47 Å². The first-order chi connectivity index (χ1) is 9.72. The van der Waals surface area contributed by atoms with E-state index in [1.54, 1.807) is 0 Å². The second-order valence-corrected chi connectivity index (χ2v) is 5.33. The number of carbonyl (C=O) groups excluding carboxylic acids is 1. The molecule has 0 aliphatic carbocycles. The third-order valence-electron chi connectivity index (χ3n) is 4.14. The molecule has 0 N–H and O–H groups in total. The molecular weight excluding hydrogens is 248 g/mol. The van der Waals surface area contributed by atoms with Gasteiger partial charge in [0.05, 0.1) is 6.04 Å². The van der Waals surface area contributed by atoms with Crippen LogP contribution in [0.1, 0.15) is 36.2 Å². The van der Waals surface area contributed by atoms with E-state index in [1.165, 1.54) is 16.8 Å². The molecule has 1 aromatic carbocycles. The molecule has 1 amide bonds. The summed E-state index contributed by atoms with van der Waals surface area (Å²) in [5.74, 6) is 0.228. The standard InChI is InChI=1S/C17H20N2O/c1-3-16(20)19-12-11-18-10-6-9-15(18)17(19)14-8-5-4-7-13(14)2/h4-10,17H,3,11-12H2,1-2H3/t17-/m0/s1. The Morgan fingerprint density at radius 1 is 1.20 bits per heavy atom. The van der Waals surface area contributed by atoms with Crippen LogP contribution >= 0.6 is 0 Å². The molecule has 1 atom stereocenters. The van der Waals surface area contributed by atoms with Crippen LogP contribution in [-0.2, 0) is 11.3 Å². The fourth-order valence-electron chi connectivity index (χ4n) is 3.08. The first-order valence-corrected chi connectivity index (χ1v) is 7.22. The molecule has 3 heteroatoms.